The van der Waals surface area contributed by atoms with E-state index in [-0.39, 0.29) is 0 Å². The van der Waals surface area contributed by atoms with E-state index in [1.54, 1.807) is 6.20 Å². The lowest BCUT2D eigenvalue weighted by Gasteiger charge is -2.00. The summed E-state index contributed by atoms with van der Waals surface area (Å²) in [5.74, 6) is 1.86. The van der Waals surface area contributed by atoms with Crippen molar-refractivity contribution in [2.24, 2.45) is 0 Å². The third-order valence-corrected chi connectivity index (χ3v) is 3.14. The van der Waals surface area contributed by atoms with Gasteiger partial charge in [0.15, 0.2) is 11.7 Å². The van der Waals surface area contributed by atoms with Gasteiger partial charge in [-0.05, 0) is 34.1 Å². The van der Waals surface area contributed by atoms with Crippen LogP contribution >= 0.6 is 39.1 Å². The number of hydrogen-bond acceptors (Lipinski definition) is 2. The van der Waals surface area contributed by atoms with Crippen molar-refractivity contribution in [2.45, 2.75) is 6.42 Å². The molecule has 0 spiro atoms. The van der Waals surface area contributed by atoms with E-state index >= 15 is 0 Å². The van der Waals surface area contributed by atoms with Gasteiger partial charge < -0.3 is 4.42 Å². The molecule has 0 radical (unpaired) electrons. The zero-order valence-electron chi connectivity index (χ0n) is 8.21. The molecule has 1 aromatic carbocycles. The van der Waals surface area contributed by atoms with Gasteiger partial charge in [0.1, 0.15) is 0 Å². The Kier molecular flexibility index (Phi) is 3.90. The summed E-state index contributed by atoms with van der Waals surface area (Å²) in [4.78, 5) is 4.14. The molecule has 0 unspecified atom stereocenters. The maximum Gasteiger partial charge on any atom is 0.196 e. The molecule has 1 aromatic heterocycles. The molecule has 0 atom stereocenters. The predicted octanol–water partition coefficient (Wildman–Crippen LogP) is 4.54. The molecule has 0 N–H and O–H groups in total. The minimum Gasteiger partial charge on any atom is -0.441 e. The van der Waals surface area contributed by atoms with Crippen LogP contribution in [0.2, 0.25) is 5.02 Å². The molecule has 0 aliphatic heterocycles. The van der Waals surface area contributed by atoms with Gasteiger partial charge in [0.25, 0.3) is 0 Å². The third kappa shape index (κ3) is 2.59. The van der Waals surface area contributed by atoms with Crippen LogP contribution in [0.15, 0.2) is 33.3 Å². The smallest absolute Gasteiger partial charge is 0.196 e. The van der Waals surface area contributed by atoms with Gasteiger partial charge in [-0.1, -0.05) is 11.6 Å². The average Bonchev–Trinajstić information content (AvgIpc) is 2.67. The van der Waals surface area contributed by atoms with Gasteiger partial charge in [-0.2, -0.15) is 0 Å². The highest BCUT2D eigenvalue weighted by Crippen LogP contribution is 2.31. The van der Waals surface area contributed by atoms with E-state index in [9.17, 15) is 0 Å². The number of rotatable bonds is 3. The van der Waals surface area contributed by atoms with Gasteiger partial charge in [0.05, 0.1) is 6.20 Å². The first kappa shape index (κ1) is 12.0. The molecular weight excluding hydrogens is 313 g/mol. The van der Waals surface area contributed by atoms with Gasteiger partial charge in [0.2, 0.25) is 0 Å². The Hall–Kier alpha value is -0.510. The molecule has 0 fully saturated rings. The van der Waals surface area contributed by atoms with Crippen LogP contribution in [0, 0.1) is 0 Å². The fraction of sp³-hybridized carbons (Fsp3) is 0.182. The van der Waals surface area contributed by atoms with Crippen molar-refractivity contribution in [1.82, 2.24) is 4.98 Å². The first-order chi connectivity index (χ1) is 7.70. The van der Waals surface area contributed by atoms with Gasteiger partial charge in [-0.25, -0.2) is 4.98 Å². The fourth-order valence-electron chi connectivity index (χ4n) is 1.32. The Morgan fingerprint density at radius 3 is 2.88 bits per heavy atom. The molecule has 84 valence electrons. The number of hydrogen-bond donors (Lipinski definition) is 0. The monoisotopic (exact) mass is 319 g/mol. The summed E-state index contributed by atoms with van der Waals surface area (Å²) in [5, 5.41) is 0.677. The minimum atomic E-state index is 0.502. The lowest BCUT2D eigenvalue weighted by Crippen LogP contribution is -1.83. The lowest BCUT2D eigenvalue weighted by molar-refractivity contribution is 0.514. The zero-order valence-corrected chi connectivity index (χ0v) is 11.3. The van der Waals surface area contributed by atoms with Crippen LogP contribution in [0.5, 0.6) is 0 Å². The highest BCUT2D eigenvalue weighted by atomic mass is 79.9. The highest BCUT2D eigenvalue weighted by molar-refractivity contribution is 9.10. The van der Waals surface area contributed by atoms with E-state index in [0.29, 0.717) is 29.0 Å². The SMILES string of the molecule is ClCCc1ncc(-c2ccc(Cl)cc2Br)o1. The Balaban J connectivity index is 2.35. The number of nitrogens with zero attached hydrogens (tertiary/aromatic N) is 1. The quantitative estimate of drug-likeness (QED) is 0.776. The minimum absolute atomic E-state index is 0.502. The summed E-state index contributed by atoms with van der Waals surface area (Å²) in [6.07, 6.45) is 2.32. The molecule has 0 aliphatic rings. The van der Waals surface area contributed by atoms with E-state index in [1.807, 2.05) is 18.2 Å². The van der Waals surface area contributed by atoms with E-state index in [1.165, 1.54) is 0 Å². The van der Waals surface area contributed by atoms with Gasteiger partial charge in [-0.15, -0.1) is 11.6 Å². The largest absolute Gasteiger partial charge is 0.441 e. The summed E-state index contributed by atoms with van der Waals surface area (Å²) in [5.41, 5.74) is 0.928. The summed E-state index contributed by atoms with van der Waals surface area (Å²) >= 11 is 14.9. The Labute approximate surface area is 112 Å². The van der Waals surface area contributed by atoms with Crippen LogP contribution in [-0.2, 0) is 6.42 Å². The molecule has 2 aromatic rings. The van der Waals surface area contributed by atoms with Crippen LogP contribution in [0.4, 0.5) is 0 Å². The van der Waals surface area contributed by atoms with Gasteiger partial charge >= 0.3 is 0 Å². The molecule has 0 amide bonds. The summed E-state index contributed by atoms with van der Waals surface area (Å²) in [6.45, 7) is 0. The lowest BCUT2D eigenvalue weighted by atomic mass is 10.2. The Morgan fingerprint density at radius 2 is 2.19 bits per heavy atom. The molecule has 0 bridgehead atoms. The van der Waals surface area contributed by atoms with E-state index in [0.717, 1.165) is 10.0 Å². The third-order valence-electron chi connectivity index (χ3n) is 2.06. The van der Waals surface area contributed by atoms with Crippen molar-refractivity contribution in [3.8, 4) is 11.3 Å². The second-order valence-corrected chi connectivity index (χ2v) is 4.85. The van der Waals surface area contributed by atoms with Crippen molar-refractivity contribution in [1.29, 1.82) is 0 Å². The molecule has 16 heavy (non-hydrogen) atoms. The van der Waals surface area contributed by atoms with E-state index in [4.69, 9.17) is 27.6 Å². The second-order valence-electron chi connectivity index (χ2n) is 3.18. The van der Waals surface area contributed by atoms with Crippen molar-refractivity contribution >= 4 is 39.1 Å². The Bertz CT molecular complexity index is 498. The summed E-state index contributed by atoms with van der Waals surface area (Å²) < 4.78 is 6.45. The first-order valence-electron chi connectivity index (χ1n) is 4.67. The normalized spacial score (nSPS) is 10.7. The number of aromatic nitrogens is 1. The second kappa shape index (κ2) is 5.21. The highest BCUT2D eigenvalue weighted by Gasteiger charge is 2.09. The first-order valence-corrected chi connectivity index (χ1v) is 6.37. The number of benzene rings is 1. The summed E-state index contributed by atoms with van der Waals surface area (Å²) in [7, 11) is 0. The van der Waals surface area contributed by atoms with Crippen molar-refractivity contribution in [3.05, 3.63) is 39.8 Å². The van der Waals surface area contributed by atoms with E-state index < -0.39 is 0 Å². The summed E-state index contributed by atoms with van der Waals surface area (Å²) in [6, 6.07) is 5.52. The topological polar surface area (TPSA) is 26.0 Å². The predicted molar refractivity (Wildman–Crippen MR) is 69.1 cm³/mol. The van der Waals surface area contributed by atoms with Gasteiger partial charge in [-0.3, -0.25) is 0 Å². The standard InChI is InChI=1S/C11H8BrCl2NO/c12-9-5-7(14)1-2-8(9)10-6-15-11(16-10)3-4-13/h1-2,5-6H,3-4H2. The van der Waals surface area contributed by atoms with Crippen molar-refractivity contribution in [2.75, 3.05) is 5.88 Å². The number of alkyl halides is 1. The molecule has 2 nitrogen and oxygen atoms in total. The molecule has 0 aliphatic carbocycles. The van der Waals surface area contributed by atoms with Crippen LogP contribution < -0.4 is 0 Å². The van der Waals surface area contributed by atoms with Gasteiger partial charge in [0, 0.05) is 27.4 Å². The van der Waals surface area contributed by atoms with Crippen LogP contribution in [0.1, 0.15) is 5.89 Å². The number of aryl methyl sites for hydroxylation is 1. The Morgan fingerprint density at radius 1 is 1.38 bits per heavy atom. The van der Waals surface area contributed by atoms with Crippen LogP contribution in [0.25, 0.3) is 11.3 Å². The fourth-order valence-corrected chi connectivity index (χ4v) is 2.36. The maximum absolute atomic E-state index is 5.87. The molecule has 1 heterocycles. The maximum atomic E-state index is 5.87. The van der Waals surface area contributed by atoms with Crippen LogP contribution in [-0.4, -0.2) is 10.9 Å². The number of halogens is 3. The molecule has 2 rings (SSSR count). The molecular formula is C11H8BrCl2NO. The van der Waals surface area contributed by atoms with E-state index in [2.05, 4.69) is 20.9 Å². The molecule has 5 heteroatoms. The van der Waals surface area contributed by atoms with Crippen LogP contribution in [0.3, 0.4) is 0 Å². The molecule has 0 saturated carbocycles. The number of oxazole rings is 1. The zero-order chi connectivity index (χ0) is 11.5. The van der Waals surface area contributed by atoms with Crippen molar-refractivity contribution in [3.63, 3.8) is 0 Å². The van der Waals surface area contributed by atoms with Crippen molar-refractivity contribution < 1.29 is 4.42 Å². The molecule has 0 saturated heterocycles. The average molecular weight is 321 g/mol.